The SMILES string of the molecule is CCC1(CO)CCN(CCCc2nc3ccccc3o2)CC1. The van der Waals surface area contributed by atoms with E-state index in [1.807, 2.05) is 24.3 Å². The minimum Gasteiger partial charge on any atom is -0.441 e. The molecule has 0 aliphatic carbocycles. The van der Waals surface area contributed by atoms with Crippen LogP contribution in [0.2, 0.25) is 0 Å². The summed E-state index contributed by atoms with van der Waals surface area (Å²) in [5.41, 5.74) is 2.01. The Hall–Kier alpha value is -1.39. The van der Waals surface area contributed by atoms with E-state index in [1.165, 1.54) is 0 Å². The maximum absolute atomic E-state index is 9.58. The molecule has 22 heavy (non-hydrogen) atoms. The fraction of sp³-hybridized carbons (Fsp3) is 0.611. The van der Waals surface area contributed by atoms with Crippen molar-refractivity contribution in [3.05, 3.63) is 30.2 Å². The first-order valence-electron chi connectivity index (χ1n) is 8.42. The number of para-hydroxylation sites is 2. The van der Waals surface area contributed by atoms with Crippen molar-refractivity contribution in [2.24, 2.45) is 5.41 Å². The molecule has 0 amide bonds. The minimum atomic E-state index is 0.177. The summed E-state index contributed by atoms with van der Waals surface area (Å²) in [7, 11) is 0. The Balaban J connectivity index is 1.46. The third-order valence-corrected chi connectivity index (χ3v) is 5.21. The number of fused-ring (bicyclic) bond motifs is 1. The summed E-state index contributed by atoms with van der Waals surface area (Å²) in [5, 5.41) is 9.58. The van der Waals surface area contributed by atoms with Gasteiger partial charge >= 0.3 is 0 Å². The van der Waals surface area contributed by atoms with Crippen molar-refractivity contribution in [2.45, 2.75) is 39.0 Å². The van der Waals surface area contributed by atoms with Gasteiger partial charge in [-0.25, -0.2) is 4.98 Å². The number of oxazole rings is 1. The fourth-order valence-corrected chi connectivity index (χ4v) is 3.36. The molecular formula is C18H26N2O2. The molecule has 1 aliphatic heterocycles. The van der Waals surface area contributed by atoms with E-state index in [1.54, 1.807) is 0 Å². The number of aromatic nitrogens is 1. The summed E-state index contributed by atoms with van der Waals surface area (Å²) in [6, 6.07) is 7.93. The molecule has 1 fully saturated rings. The molecule has 1 aromatic heterocycles. The Morgan fingerprint density at radius 3 is 2.73 bits per heavy atom. The van der Waals surface area contributed by atoms with Crippen molar-refractivity contribution in [3.8, 4) is 0 Å². The standard InChI is InChI=1S/C18H26N2O2/c1-2-18(14-21)9-12-20(13-10-18)11-5-8-17-19-15-6-3-4-7-16(15)22-17/h3-4,6-7,21H,2,5,8-14H2,1H3. The van der Waals surface area contributed by atoms with Crippen molar-refractivity contribution in [1.29, 1.82) is 0 Å². The van der Waals surface area contributed by atoms with Gasteiger partial charge in [0.05, 0.1) is 0 Å². The first kappa shape index (κ1) is 15.5. The van der Waals surface area contributed by atoms with Gasteiger partial charge in [-0.2, -0.15) is 0 Å². The molecule has 2 heterocycles. The van der Waals surface area contributed by atoms with E-state index in [0.717, 1.165) is 68.7 Å². The van der Waals surface area contributed by atoms with Crippen LogP contribution in [0, 0.1) is 5.41 Å². The van der Waals surface area contributed by atoms with Crippen LogP contribution in [0.3, 0.4) is 0 Å². The van der Waals surface area contributed by atoms with Crippen LogP contribution < -0.4 is 0 Å². The smallest absolute Gasteiger partial charge is 0.195 e. The van der Waals surface area contributed by atoms with Gasteiger partial charge in [0.25, 0.3) is 0 Å². The number of hydrogen-bond donors (Lipinski definition) is 1. The number of aryl methyl sites for hydroxylation is 1. The molecule has 0 radical (unpaired) electrons. The Labute approximate surface area is 132 Å². The number of likely N-dealkylation sites (tertiary alicyclic amines) is 1. The number of piperidine rings is 1. The lowest BCUT2D eigenvalue weighted by molar-refractivity contribution is 0.0405. The number of hydrogen-bond acceptors (Lipinski definition) is 4. The third kappa shape index (κ3) is 3.33. The van der Waals surface area contributed by atoms with Crippen LogP contribution in [-0.2, 0) is 6.42 Å². The summed E-state index contributed by atoms with van der Waals surface area (Å²) in [4.78, 5) is 7.03. The van der Waals surface area contributed by atoms with Crippen molar-refractivity contribution in [2.75, 3.05) is 26.2 Å². The monoisotopic (exact) mass is 302 g/mol. The van der Waals surface area contributed by atoms with Gasteiger partial charge in [-0.3, -0.25) is 0 Å². The van der Waals surface area contributed by atoms with Gasteiger partial charge in [0, 0.05) is 13.0 Å². The highest BCUT2D eigenvalue weighted by Crippen LogP contribution is 2.34. The summed E-state index contributed by atoms with van der Waals surface area (Å²) in [6.45, 7) is 5.81. The Bertz CT molecular complexity index is 561. The van der Waals surface area contributed by atoms with Crippen molar-refractivity contribution in [3.63, 3.8) is 0 Å². The van der Waals surface area contributed by atoms with Gasteiger partial charge in [0.2, 0.25) is 0 Å². The molecule has 1 aliphatic rings. The van der Waals surface area contributed by atoms with E-state index in [-0.39, 0.29) is 5.41 Å². The van der Waals surface area contributed by atoms with Gasteiger partial charge in [0.15, 0.2) is 11.5 Å². The molecule has 0 spiro atoms. The van der Waals surface area contributed by atoms with Crippen LogP contribution in [0.1, 0.15) is 38.5 Å². The van der Waals surface area contributed by atoms with E-state index >= 15 is 0 Å². The molecule has 120 valence electrons. The number of aliphatic hydroxyl groups is 1. The fourth-order valence-electron chi connectivity index (χ4n) is 3.36. The van der Waals surface area contributed by atoms with Gasteiger partial charge in [-0.05, 0) is 62.9 Å². The quantitative estimate of drug-likeness (QED) is 0.890. The molecule has 0 atom stereocenters. The van der Waals surface area contributed by atoms with Crippen LogP contribution in [-0.4, -0.2) is 41.2 Å². The Morgan fingerprint density at radius 1 is 1.27 bits per heavy atom. The lowest BCUT2D eigenvalue weighted by Crippen LogP contribution is -2.42. The van der Waals surface area contributed by atoms with Gasteiger partial charge < -0.3 is 14.4 Å². The summed E-state index contributed by atoms with van der Waals surface area (Å²) in [6.07, 6.45) is 5.28. The summed E-state index contributed by atoms with van der Waals surface area (Å²) < 4.78 is 5.76. The second-order valence-corrected chi connectivity index (χ2v) is 6.53. The zero-order chi connectivity index (χ0) is 15.4. The van der Waals surface area contributed by atoms with E-state index < -0.39 is 0 Å². The lowest BCUT2D eigenvalue weighted by Gasteiger charge is -2.40. The molecule has 0 saturated carbocycles. The first-order chi connectivity index (χ1) is 10.7. The highest BCUT2D eigenvalue weighted by atomic mass is 16.3. The topological polar surface area (TPSA) is 49.5 Å². The Kier molecular flexibility index (Phi) is 4.79. The lowest BCUT2D eigenvalue weighted by atomic mass is 9.77. The highest BCUT2D eigenvalue weighted by molar-refractivity contribution is 5.72. The predicted octanol–water partition coefficient (Wildman–Crippen LogP) is 3.24. The third-order valence-electron chi connectivity index (χ3n) is 5.21. The zero-order valence-corrected chi connectivity index (χ0v) is 13.4. The second kappa shape index (κ2) is 6.80. The summed E-state index contributed by atoms with van der Waals surface area (Å²) >= 11 is 0. The van der Waals surface area contributed by atoms with Crippen molar-refractivity contribution in [1.82, 2.24) is 9.88 Å². The molecule has 2 aromatic rings. The maximum Gasteiger partial charge on any atom is 0.195 e. The predicted molar refractivity (Wildman–Crippen MR) is 87.8 cm³/mol. The average molecular weight is 302 g/mol. The van der Waals surface area contributed by atoms with E-state index in [0.29, 0.717) is 6.61 Å². The molecule has 1 saturated heterocycles. The molecule has 0 unspecified atom stereocenters. The number of nitrogens with zero attached hydrogens (tertiary/aromatic N) is 2. The number of benzene rings is 1. The average Bonchev–Trinajstić information content (AvgIpc) is 2.98. The van der Waals surface area contributed by atoms with Gasteiger partial charge in [-0.15, -0.1) is 0 Å². The second-order valence-electron chi connectivity index (χ2n) is 6.53. The molecule has 1 N–H and O–H groups in total. The number of rotatable bonds is 6. The van der Waals surface area contributed by atoms with Crippen molar-refractivity contribution < 1.29 is 9.52 Å². The molecule has 4 heteroatoms. The van der Waals surface area contributed by atoms with E-state index in [4.69, 9.17) is 4.42 Å². The largest absolute Gasteiger partial charge is 0.441 e. The minimum absolute atomic E-state index is 0.177. The first-order valence-corrected chi connectivity index (χ1v) is 8.42. The van der Waals surface area contributed by atoms with Crippen LogP contribution in [0.25, 0.3) is 11.1 Å². The normalized spacial score (nSPS) is 18.8. The Morgan fingerprint density at radius 2 is 2.05 bits per heavy atom. The summed E-state index contributed by atoms with van der Waals surface area (Å²) in [5.74, 6) is 0.844. The van der Waals surface area contributed by atoms with Crippen LogP contribution >= 0.6 is 0 Å². The van der Waals surface area contributed by atoms with Crippen LogP contribution in [0.15, 0.2) is 28.7 Å². The van der Waals surface area contributed by atoms with E-state index in [9.17, 15) is 5.11 Å². The molecule has 3 rings (SSSR count). The van der Waals surface area contributed by atoms with Gasteiger partial charge in [-0.1, -0.05) is 19.1 Å². The maximum atomic E-state index is 9.58. The van der Waals surface area contributed by atoms with Crippen LogP contribution in [0.4, 0.5) is 0 Å². The molecule has 1 aromatic carbocycles. The molecule has 0 bridgehead atoms. The van der Waals surface area contributed by atoms with Gasteiger partial charge in [0.1, 0.15) is 5.52 Å². The number of aliphatic hydroxyl groups excluding tert-OH is 1. The highest BCUT2D eigenvalue weighted by Gasteiger charge is 2.31. The van der Waals surface area contributed by atoms with Crippen LogP contribution in [0.5, 0.6) is 0 Å². The molecule has 4 nitrogen and oxygen atoms in total. The van der Waals surface area contributed by atoms with E-state index in [2.05, 4.69) is 16.8 Å². The molecular weight excluding hydrogens is 276 g/mol. The van der Waals surface area contributed by atoms with Crippen molar-refractivity contribution >= 4 is 11.1 Å². The zero-order valence-electron chi connectivity index (χ0n) is 13.4.